The molecular formula is C14H14N2O4. The van der Waals surface area contributed by atoms with Crippen LogP contribution in [0.15, 0.2) is 23.0 Å². The molecule has 0 bridgehead atoms. The molecule has 3 rings (SSSR count). The highest BCUT2D eigenvalue weighted by molar-refractivity contribution is 5.62. The number of benzene rings is 1. The molecule has 1 aromatic heterocycles. The van der Waals surface area contributed by atoms with Crippen LogP contribution in [-0.2, 0) is 0 Å². The second-order valence-electron chi connectivity index (χ2n) is 4.87. The Bertz CT molecular complexity index is 722. The molecule has 0 unspecified atom stereocenters. The summed E-state index contributed by atoms with van der Waals surface area (Å²) in [5.74, 6) is 1.21. The first-order chi connectivity index (χ1) is 9.56. The van der Waals surface area contributed by atoms with Gasteiger partial charge in [0.05, 0.1) is 5.56 Å². The Morgan fingerprint density at radius 1 is 1.30 bits per heavy atom. The van der Waals surface area contributed by atoms with Crippen molar-refractivity contribution in [1.29, 1.82) is 0 Å². The molecule has 0 fully saturated rings. The highest BCUT2D eigenvalue weighted by atomic mass is 16.7. The van der Waals surface area contributed by atoms with Gasteiger partial charge in [0.1, 0.15) is 5.82 Å². The molecule has 0 spiro atoms. The van der Waals surface area contributed by atoms with Crippen molar-refractivity contribution >= 4 is 0 Å². The Hall–Kier alpha value is -2.50. The van der Waals surface area contributed by atoms with Crippen molar-refractivity contribution in [1.82, 2.24) is 9.97 Å². The summed E-state index contributed by atoms with van der Waals surface area (Å²) in [5, 5.41) is 9.91. The normalized spacial score (nSPS) is 12.9. The number of hydrogen-bond acceptors (Lipinski definition) is 5. The van der Waals surface area contributed by atoms with Crippen LogP contribution in [0.2, 0.25) is 0 Å². The monoisotopic (exact) mass is 274 g/mol. The van der Waals surface area contributed by atoms with E-state index < -0.39 is 0 Å². The van der Waals surface area contributed by atoms with E-state index in [0.29, 0.717) is 22.9 Å². The fourth-order valence-corrected chi connectivity index (χ4v) is 2.17. The van der Waals surface area contributed by atoms with E-state index in [2.05, 4.69) is 9.97 Å². The van der Waals surface area contributed by atoms with Crippen LogP contribution in [0.5, 0.6) is 17.4 Å². The zero-order chi connectivity index (χ0) is 14.3. The minimum atomic E-state index is -0.333. The number of hydrogen-bond donors (Lipinski definition) is 2. The summed E-state index contributed by atoms with van der Waals surface area (Å²) in [6.07, 6.45) is 0. The molecule has 0 atom stereocenters. The molecule has 6 nitrogen and oxygen atoms in total. The molecule has 104 valence electrons. The first-order valence-electron chi connectivity index (χ1n) is 6.29. The van der Waals surface area contributed by atoms with Gasteiger partial charge in [0, 0.05) is 5.56 Å². The summed E-state index contributed by atoms with van der Waals surface area (Å²) < 4.78 is 10.5. The molecule has 1 aromatic carbocycles. The highest BCUT2D eigenvalue weighted by Gasteiger charge is 2.17. The Morgan fingerprint density at radius 2 is 2.05 bits per heavy atom. The van der Waals surface area contributed by atoms with Crippen LogP contribution in [-0.4, -0.2) is 21.9 Å². The SMILES string of the molecule is CC(C)c1c(O)nc(-c2ccc3c(c2)OCO3)[nH]c1=O. The van der Waals surface area contributed by atoms with Crippen LogP contribution in [0.25, 0.3) is 11.4 Å². The standard InChI is InChI=1S/C14H14N2O4/c1-7(2)11-13(17)15-12(16-14(11)18)8-3-4-9-10(5-8)20-6-19-9/h3-5,7H,6H2,1-2H3,(H2,15,16,17,18). The third-order valence-corrected chi connectivity index (χ3v) is 3.16. The van der Waals surface area contributed by atoms with Gasteiger partial charge in [-0.15, -0.1) is 0 Å². The van der Waals surface area contributed by atoms with Crippen LogP contribution in [0.3, 0.4) is 0 Å². The van der Waals surface area contributed by atoms with E-state index in [9.17, 15) is 9.90 Å². The van der Waals surface area contributed by atoms with Gasteiger partial charge in [-0.05, 0) is 24.1 Å². The average molecular weight is 274 g/mol. The molecule has 0 saturated carbocycles. The molecule has 1 aliphatic heterocycles. The number of ether oxygens (including phenoxy) is 2. The Balaban J connectivity index is 2.09. The lowest BCUT2D eigenvalue weighted by atomic mass is 10.1. The predicted molar refractivity (Wildman–Crippen MR) is 72.2 cm³/mol. The number of nitrogens with one attached hydrogen (secondary N) is 1. The Labute approximate surface area is 115 Å². The minimum absolute atomic E-state index is 0.1000. The number of rotatable bonds is 2. The van der Waals surface area contributed by atoms with Crippen molar-refractivity contribution < 1.29 is 14.6 Å². The minimum Gasteiger partial charge on any atom is -0.493 e. The molecule has 0 radical (unpaired) electrons. The molecule has 0 saturated heterocycles. The van der Waals surface area contributed by atoms with Gasteiger partial charge in [-0.3, -0.25) is 4.79 Å². The van der Waals surface area contributed by atoms with Gasteiger partial charge < -0.3 is 19.6 Å². The lowest BCUT2D eigenvalue weighted by Crippen LogP contribution is -2.16. The summed E-state index contributed by atoms with van der Waals surface area (Å²) in [6, 6.07) is 5.21. The first kappa shape index (κ1) is 12.5. The maximum atomic E-state index is 12.0. The van der Waals surface area contributed by atoms with Crippen molar-refractivity contribution in [2.75, 3.05) is 6.79 Å². The van der Waals surface area contributed by atoms with Crippen molar-refractivity contribution in [2.45, 2.75) is 19.8 Å². The molecule has 2 heterocycles. The van der Waals surface area contributed by atoms with Crippen LogP contribution in [0, 0.1) is 0 Å². The molecular weight excluding hydrogens is 260 g/mol. The van der Waals surface area contributed by atoms with Crippen LogP contribution < -0.4 is 15.0 Å². The Kier molecular flexibility index (Phi) is 2.85. The van der Waals surface area contributed by atoms with E-state index in [-0.39, 0.29) is 29.7 Å². The largest absolute Gasteiger partial charge is 0.493 e. The fraction of sp³-hybridized carbons (Fsp3) is 0.286. The maximum absolute atomic E-state index is 12.0. The first-order valence-corrected chi connectivity index (χ1v) is 6.29. The lowest BCUT2D eigenvalue weighted by molar-refractivity contribution is 0.174. The number of aromatic amines is 1. The van der Waals surface area contributed by atoms with Gasteiger partial charge in [0.2, 0.25) is 12.7 Å². The number of H-pyrrole nitrogens is 1. The van der Waals surface area contributed by atoms with Crippen molar-refractivity contribution in [2.24, 2.45) is 0 Å². The van der Waals surface area contributed by atoms with Gasteiger partial charge in [-0.25, -0.2) is 0 Å². The number of fused-ring (bicyclic) bond motifs is 1. The van der Waals surface area contributed by atoms with E-state index in [1.807, 2.05) is 13.8 Å². The quantitative estimate of drug-likeness (QED) is 0.875. The molecule has 0 amide bonds. The lowest BCUT2D eigenvalue weighted by Gasteiger charge is -2.08. The zero-order valence-corrected chi connectivity index (χ0v) is 11.1. The molecule has 6 heteroatoms. The summed E-state index contributed by atoms with van der Waals surface area (Å²) in [5.41, 5.74) is 0.603. The summed E-state index contributed by atoms with van der Waals surface area (Å²) in [4.78, 5) is 18.7. The van der Waals surface area contributed by atoms with E-state index in [4.69, 9.17) is 9.47 Å². The maximum Gasteiger partial charge on any atom is 0.258 e. The number of aromatic hydroxyl groups is 1. The zero-order valence-electron chi connectivity index (χ0n) is 11.1. The van der Waals surface area contributed by atoms with Crippen molar-refractivity contribution in [3.05, 3.63) is 34.1 Å². The van der Waals surface area contributed by atoms with Gasteiger partial charge >= 0.3 is 0 Å². The second kappa shape index (κ2) is 4.56. The van der Waals surface area contributed by atoms with Crippen LogP contribution >= 0.6 is 0 Å². The number of nitrogens with zero attached hydrogens (tertiary/aromatic N) is 1. The molecule has 2 N–H and O–H groups in total. The van der Waals surface area contributed by atoms with Crippen LogP contribution in [0.4, 0.5) is 0 Å². The molecule has 1 aliphatic rings. The average Bonchev–Trinajstić information content (AvgIpc) is 2.84. The second-order valence-corrected chi connectivity index (χ2v) is 4.87. The topological polar surface area (TPSA) is 84.4 Å². The summed E-state index contributed by atoms with van der Waals surface area (Å²) in [6.45, 7) is 3.83. The third-order valence-electron chi connectivity index (χ3n) is 3.16. The Morgan fingerprint density at radius 3 is 2.75 bits per heavy atom. The van der Waals surface area contributed by atoms with Gasteiger partial charge in [0.15, 0.2) is 11.5 Å². The molecule has 2 aromatic rings. The van der Waals surface area contributed by atoms with Crippen LogP contribution in [0.1, 0.15) is 25.3 Å². The van der Waals surface area contributed by atoms with Gasteiger partial charge in [-0.2, -0.15) is 4.98 Å². The summed E-state index contributed by atoms with van der Waals surface area (Å²) in [7, 11) is 0. The van der Waals surface area contributed by atoms with E-state index in [1.165, 1.54) is 0 Å². The predicted octanol–water partition coefficient (Wildman–Crippen LogP) is 1.99. The van der Waals surface area contributed by atoms with Crippen molar-refractivity contribution in [3.63, 3.8) is 0 Å². The van der Waals surface area contributed by atoms with Gasteiger partial charge in [0.25, 0.3) is 5.56 Å². The third kappa shape index (κ3) is 1.99. The molecule has 0 aliphatic carbocycles. The molecule has 20 heavy (non-hydrogen) atoms. The highest BCUT2D eigenvalue weighted by Crippen LogP contribution is 2.35. The van der Waals surface area contributed by atoms with E-state index >= 15 is 0 Å². The fourth-order valence-electron chi connectivity index (χ4n) is 2.17. The van der Waals surface area contributed by atoms with E-state index in [1.54, 1.807) is 18.2 Å². The van der Waals surface area contributed by atoms with Crippen molar-refractivity contribution in [3.8, 4) is 28.8 Å². The summed E-state index contributed by atoms with van der Waals surface area (Å²) >= 11 is 0. The smallest absolute Gasteiger partial charge is 0.258 e. The van der Waals surface area contributed by atoms with Gasteiger partial charge in [-0.1, -0.05) is 13.8 Å². The number of aromatic nitrogens is 2. The van der Waals surface area contributed by atoms with E-state index in [0.717, 1.165) is 0 Å².